The van der Waals surface area contributed by atoms with Crippen LogP contribution < -0.4 is 0 Å². The van der Waals surface area contributed by atoms with E-state index in [2.05, 4.69) is 4.99 Å². The molecule has 3 rings (SSSR count). The first-order chi connectivity index (χ1) is 12.0. The highest BCUT2D eigenvalue weighted by Gasteiger charge is 2.21. The highest BCUT2D eigenvalue weighted by molar-refractivity contribution is 6.43. The van der Waals surface area contributed by atoms with E-state index < -0.39 is 5.97 Å². The Morgan fingerprint density at radius 3 is 2.12 bits per heavy atom. The van der Waals surface area contributed by atoms with E-state index in [0.29, 0.717) is 31.2 Å². The van der Waals surface area contributed by atoms with Crippen molar-refractivity contribution in [3.8, 4) is 0 Å². The molecule has 25 heavy (non-hydrogen) atoms. The molecule has 1 heterocycles. The zero-order valence-electron chi connectivity index (χ0n) is 12.5. The Labute approximate surface area is 164 Å². The van der Waals surface area contributed by atoms with E-state index in [9.17, 15) is 4.79 Å². The Morgan fingerprint density at radius 2 is 1.44 bits per heavy atom. The molecule has 0 N–H and O–H groups in total. The fraction of sp³-hybridized carbons (Fsp3) is 0. The fourth-order valence-electron chi connectivity index (χ4n) is 2.09. The maximum Gasteiger partial charge on any atom is 0.363 e. The highest BCUT2D eigenvalue weighted by atomic mass is 35.5. The lowest BCUT2D eigenvalue weighted by Gasteiger charge is -2.00. The van der Waals surface area contributed by atoms with Gasteiger partial charge in [0.05, 0.1) is 20.1 Å². The van der Waals surface area contributed by atoms with Crippen LogP contribution in [0.25, 0.3) is 12.2 Å². The molecule has 0 bridgehead atoms. The molecule has 0 aliphatic carbocycles. The molecule has 0 atom stereocenters. The van der Waals surface area contributed by atoms with Crippen LogP contribution in [0.1, 0.15) is 11.1 Å². The minimum absolute atomic E-state index is 0.126. The van der Waals surface area contributed by atoms with Crippen LogP contribution in [0.3, 0.4) is 0 Å². The molecular weight excluding hydrogens is 404 g/mol. The molecule has 0 saturated heterocycles. The van der Waals surface area contributed by atoms with Crippen LogP contribution in [0.2, 0.25) is 20.1 Å². The largest absolute Gasteiger partial charge is 0.403 e. The first kappa shape index (κ1) is 18.0. The number of esters is 1. The second-order valence-electron chi connectivity index (χ2n) is 4.99. The first-order valence-electron chi connectivity index (χ1n) is 7.04. The van der Waals surface area contributed by atoms with Crippen molar-refractivity contribution >= 4 is 70.4 Å². The van der Waals surface area contributed by atoms with Crippen molar-refractivity contribution in [3.63, 3.8) is 0 Å². The van der Waals surface area contributed by atoms with Gasteiger partial charge >= 0.3 is 5.97 Å². The van der Waals surface area contributed by atoms with Gasteiger partial charge in [-0.05, 0) is 35.4 Å². The van der Waals surface area contributed by atoms with E-state index in [4.69, 9.17) is 51.1 Å². The molecule has 7 heteroatoms. The van der Waals surface area contributed by atoms with Gasteiger partial charge in [0.2, 0.25) is 5.90 Å². The summed E-state index contributed by atoms with van der Waals surface area (Å²) in [5.41, 5.74) is 1.39. The molecular formula is C18H9Cl4NO2. The molecule has 0 radical (unpaired) electrons. The van der Waals surface area contributed by atoms with E-state index in [1.807, 2.05) is 0 Å². The Hall–Kier alpha value is -1.78. The van der Waals surface area contributed by atoms with E-state index in [-0.39, 0.29) is 11.6 Å². The van der Waals surface area contributed by atoms with Crippen LogP contribution in [0, 0.1) is 0 Å². The van der Waals surface area contributed by atoms with Gasteiger partial charge < -0.3 is 4.74 Å². The fourth-order valence-corrected chi connectivity index (χ4v) is 2.82. The van der Waals surface area contributed by atoms with Crippen molar-refractivity contribution in [3.05, 3.63) is 79.4 Å². The van der Waals surface area contributed by atoms with Crippen LogP contribution in [0.5, 0.6) is 0 Å². The quantitative estimate of drug-likeness (QED) is 0.437. The number of rotatable bonds is 3. The molecule has 2 aromatic rings. The monoisotopic (exact) mass is 411 g/mol. The van der Waals surface area contributed by atoms with Gasteiger partial charge in [0.25, 0.3) is 0 Å². The van der Waals surface area contributed by atoms with Crippen molar-refractivity contribution in [2.45, 2.75) is 0 Å². The minimum atomic E-state index is -0.576. The van der Waals surface area contributed by atoms with Gasteiger partial charge in [-0.1, -0.05) is 70.7 Å². The number of aliphatic imine (C=N–C) groups is 1. The molecule has 126 valence electrons. The van der Waals surface area contributed by atoms with E-state index in [1.54, 1.807) is 42.5 Å². The summed E-state index contributed by atoms with van der Waals surface area (Å²) in [6.07, 6.45) is 4.72. The molecule has 0 fully saturated rings. The van der Waals surface area contributed by atoms with Gasteiger partial charge in [-0.25, -0.2) is 9.79 Å². The Morgan fingerprint density at radius 1 is 0.840 bits per heavy atom. The van der Waals surface area contributed by atoms with Gasteiger partial charge in [-0.2, -0.15) is 0 Å². The number of hydrogen-bond donors (Lipinski definition) is 0. The van der Waals surface area contributed by atoms with Crippen molar-refractivity contribution in [2.24, 2.45) is 4.99 Å². The van der Waals surface area contributed by atoms with Gasteiger partial charge in [0.15, 0.2) is 5.70 Å². The summed E-state index contributed by atoms with van der Waals surface area (Å²) in [4.78, 5) is 16.1. The van der Waals surface area contributed by atoms with Crippen LogP contribution in [0.15, 0.2) is 53.2 Å². The van der Waals surface area contributed by atoms with Crippen LogP contribution in [0.4, 0.5) is 0 Å². The van der Waals surface area contributed by atoms with Crippen LogP contribution in [-0.4, -0.2) is 11.9 Å². The molecule has 1 aliphatic heterocycles. The number of cyclic esters (lactones) is 1. The van der Waals surface area contributed by atoms with Crippen LogP contribution in [-0.2, 0) is 9.53 Å². The summed E-state index contributed by atoms with van der Waals surface area (Å²) in [5, 5.41) is 1.58. The summed E-state index contributed by atoms with van der Waals surface area (Å²) in [6.45, 7) is 0. The van der Waals surface area contributed by atoms with Gasteiger partial charge in [0, 0.05) is 6.08 Å². The zero-order valence-corrected chi connectivity index (χ0v) is 15.5. The lowest BCUT2D eigenvalue weighted by Crippen LogP contribution is -2.01. The molecule has 2 aromatic carbocycles. The summed E-state index contributed by atoms with van der Waals surface area (Å²) in [7, 11) is 0. The molecule has 0 amide bonds. The van der Waals surface area contributed by atoms with E-state index in [1.165, 1.54) is 12.2 Å². The topological polar surface area (TPSA) is 38.7 Å². The van der Waals surface area contributed by atoms with E-state index >= 15 is 0 Å². The summed E-state index contributed by atoms with van der Waals surface area (Å²) in [6, 6.07) is 10.3. The van der Waals surface area contributed by atoms with Gasteiger partial charge in [0.1, 0.15) is 0 Å². The Balaban J connectivity index is 1.88. The first-order valence-corrected chi connectivity index (χ1v) is 8.55. The summed E-state index contributed by atoms with van der Waals surface area (Å²) in [5.74, 6) is -0.432. The van der Waals surface area contributed by atoms with Crippen molar-refractivity contribution in [2.75, 3.05) is 0 Å². The van der Waals surface area contributed by atoms with Gasteiger partial charge in [-0.15, -0.1) is 0 Å². The predicted octanol–water partition coefficient (Wildman–Crippen LogP) is 6.31. The average Bonchev–Trinajstić information content (AvgIpc) is 2.93. The van der Waals surface area contributed by atoms with Crippen molar-refractivity contribution in [1.29, 1.82) is 0 Å². The molecule has 0 saturated carbocycles. The normalized spacial score (nSPS) is 15.8. The number of halogens is 4. The second-order valence-corrected chi connectivity index (χ2v) is 6.56. The standard InChI is InChI=1S/C18H9Cl4NO2/c19-12-5-1-3-10(16(12)21)7-8-15-23-14(18(24)25-15)9-11-4-2-6-13(20)17(11)22/h1-9H. The van der Waals surface area contributed by atoms with Crippen molar-refractivity contribution in [1.82, 2.24) is 0 Å². The van der Waals surface area contributed by atoms with Gasteiger partial charge in [-0.3, -0.25) is 0 Å². The second kappa shape index (κ2) is 7.63. The maximum atomic E-state index is 12.0. The van der Waals surface area contributed by atoms with E-state index in [0.717, 1.165) is 0 Å². The minimum Gasteiger partial charge on any atom is -0.403 e. The maximum absolute atomic E-state index is 12.0. The Kier molecular flexibility index (Phi) is 5.50. The number of benzene rings is 2. The number of nitrogens with zero attached hydrogens (tertiary/aromatic N) is 1. The Bertz CT molecular complexity index is 948. The third-order valence-corrected chi connectivity index (χ3v) is 4.96. The highest BCUT2D eigenvalue weighted by Crippen LogP contribution is 2.29. The average molecular weight is 413 g/mol. The number of carbonyl (C=O) groups excluding carboxylic acids is 1. The SMILES string of the molecule is O=C1OC(C=Cc2cccc(Cl)c2Cl)=NC1=Cc1cccc(Cl)c1Cl. The van der Waals surface area contributed by atoms with Crippen molar-refractivity contribution < 1.29 is 9.53 Å². The molecule has 0 aromatic heterocycles. The third-order valence-electron chi connectivity index (χ3n) is 3.30. The number of ether oxygens (including phenoxy) is 1. The summed E-state index contributed by atoms with van der Waals surface area (Å²) < 4.78 is 5.11. The lowest BCUT2D eigenvalue weighted by atomic mass is 10.2. The zero-order chi connectivity index (χ0) is 18.0. The van der Waals surface area contributed by atoms with Crippen LogP contribution >= 0.6 is 46.4 Å². The molecule has 3 nitrogen and oxygen atoms in total. The number of carbonyl (C=O) groups is 1. The molecule has 1 aliphatic rings. The predicted molar refractivity (Wildman–Crippen MR) is 103 cm³/mol. The third kappa shape index (κ3) is 4.07. The molecule has 0 unspecified atom stereocenters. The molecule has 0 spiro atoms. The number of hydrogen-bond acceptors (Lipinski definition) is 3. The smallest absolute Gasteiger partial charge is 0.363 e. The lowest BCUT2D eigenvalue weighted by molar-refractivity contribution is -0.129. The summed E-state index contributed by atoms with van der Waals surface area (Å²) >= 11 is 24.1.